The molecule has 3 aromatic carbocycles. The summed E-state index contributed by atoms with van der Waals surface area (Å²) in [6.45, 7) is 3.44. The van der Waals surface area contributed by atoms with Crippen molar-refractivity contribution in [2.45, 2.75) is 13.0 Å². The molecule has 4 nitrogen and oxygen atoms in total. The summed E-state index contributed by atoms with van der Waals surface area (Å²) in [7, 11) is 0. The van der Waals surface area contributed by atoms with Gasteiger partial charge in [0.25, 0.3) is 0 Å². The van der Waals surface area contributed by atoms with E-state index in [2.05, 4.69) is 28.9 Å². The maximum absolute atomic E-state index is 10.8. The van der Waals surface area contributed by atoms with E-state index in [-0.39, 0.29) is 11.5 Å². The van der Waals surface area contributed by atoms with Gasteiger partial charge in [0, 0.05) is 37.0 Å². The Bertz CT molecular complexity index is 1030. The van der Waals surface area contributed by atoms with E-state index < -0.39 is 0 Å². The number of benzene rings is 3. The molecule has 1 aliphatic rings. The summed E-state index contributed by atoms with van der Waals surface area (Å²) >= 11 is 0. The Morgan fingerprint density at radius 1 is 0.964 bits per heavy atom. The molecule has 1 heterocycles. The lowest BCUT2D eigenvalue weighted by molar-refractivity contribution is 0.0336. The fourth-order valence-corrected chi connectivity index (χ4v) is 3.47. The third-order valence-electron chi connectivity index (χ3n) is 5.05. The van der Waals surface area contributed by atoms with Gasteiger partial charge in [-0.25, -0.2) is 0 Å². The molecule has 0 saturated carbocycles. The minimum atomic E-state index is 0.124. The van der Waals surface area contributed by atoms with Gasteiger partial charge in [-0.15, -0.1) is 0 Å². The number of hydrogen-bond acceptors (Lipinski definition) is 4. The highest BCUT2D eigenvalue weighted by Crippen LogP contribution is 2.37. The van der Waals surface area contributed by atoms with Crippen LogP contribution in [0.1, 0.15) is 16.7 Å². The van der Waals surface area contributed by atoms with Gasteiger partial charge in [0.1, 0.15) is 11.5 Å². The highest BCUT2D eigenvalue weighted by Gasteiger charge is 2.18. The Labute approximate surface area is 165 Å². The van der Waals surface area contributed by atoms with Crippen LogP contribution < -0.4 is 0 Å². The summed E-state index contributed by atoms with van der Waals surface area (Å²) in [5.41, 5.74) is 2.59. The first-order chi connectivity index (χ1) is 13.7. The Morgan fingerprint density at radius 2 is 1.75 bits per heavy atom. The molecule has 0 amide bonds. The summed E-state index contributed by atoms with van der Waals surface area (Å²) < 4.78 is 5.37. The third kappa shape index (κ3) is 4.12. The Balaban J connectivity index is 1.61. The molecule has 0 unspecified atom stereocenters. The normalized spacial score (nSPS) is 14.6. The largest absolute Gasteiger partial charge is 0.507 e. The fourth-order valence-electron chi connectivity index (χ4n) is 3.47. The topological polar surface area (TPSA) is 52.9 Å². The number of phenols is 2. The van der Waals surface area contributed by atoms with Crippen LogP contribution in [0.15, 0.2) is 54.6 Å². The van der Waals surface area contributed by atoms with Crippen molar-refractivity contribution in [1.82, 2.24) is 4.90 Å². The Hall–Kier alpha value is -3.00. The minimum absolute atomic E-state index is 0.124. The highest BCUT2D eigenvalue weighted by molar-refractivity contribution is 5.92. The molecular weight excluding hydrogens is 350 g/mol. The first-order valence-corrected chi connectivity index (χ1v) is 9.51. The van der Waals surface area contributed by atoms with Crippen molar-refractivity contribution < 1.29 is 14.9 Å². The van der Waals surface area contributed by atoms with Crippen molar-refractivity contribution in [2.75, 3.05) is 26.3 Å². The third-order valence-corrected chi connectivity index (χ3v) is 5.05. The molecule has 0 bridgehead atoms. The van der Waals surface area contributed by atoms with Crippen LogP contribution in [0.25, 0.3) is 10.8 Å². The number of rotatable bonds is 3. The van der Waals surface area contributed by atoms with Crippen molar-refractivity contribution in [1.29, 1.82) is 0 Å². The summed E-state index contributed by atoms with van der Waals surface area (Å²) in [4.78, 5) is 2.17. The molecule has 1 fully saturated rings. The number of aromatic hydroxyl groups is 2. The van der Waals surface area contributed by atoms with Gasteiger partial charge in [0.05, 0.1) is 18.8 Å². The maximum Gasteiger partial charge on any atom is 0.131 e. The molecule has 0 aliphatic carbocycles. The second-order valence-electron chi connectivity index (χ2n) is 7.01. The lowest BCUT2D eigenvalue weighted by Crippen LogP contribution is -2.35. The second-order valence-corrected chi connectivity index (χ2v) is 7.01. The lowest BCUT2D eigenvalue weighted by atomic mass is 10.0. The number of nitrogens with zero attached hydrogens (tertiary/aromatic N) is 1. The zero-order valence-corrected chi connectivity index (χ0v) is 15.7. The molecule has 3 aromatic rings. The molecule has 142 valence electrons. The first-order valence-electron chi connectivity index (χ1n) is 9.51. The van der Waals surface area contributed by atoms with Crippen molar-refractivity contribution in [3.05, 3.63) is 71.3 Å². The Morgan fingerprint density at radius 3 is 2.54 bits per heavy atom. The van der Waals surface area contributed by atoms with Gasteiger partial charge in [-0.3, -0.25) is 4.90 Å². The van der Waals surface area contributed by atoms with Crippen LogP contribution in [0.3, 0.4) is 0 Å². The molecule has 4 heteroatoms. The van der Waals surface area contributed by atoms with Crippen LogP contribution in [0.5, 0.6) is 11.5 Å². The van der Waals surface area contributed by atoms with Gasteiger partial charge in [-0.1, -0.05) is 48.2 Å². The van der Waals surface area contributed by atoms with Crippen LogP contribution in [-0.2, 0) is 17.7 Å². The molecule has 0 atom stereocenters. The van der Waals surface area contributed by atoms with Crippen LogP contribution in [-0.4, -0.2) is 41.4 Å². The molecule has 0 aromatic heterocycles. The van der Waals surface area contributed by atoms with E-state index in [1.165, 1.54) is 5.56 Å². The van der Waals surface area contributed by atoms with Gasteiger partial charge in [0.2, 0.25) is 0 Å². The zero-order chi connectivity index (χ0) is 19.3. The van der Waals surface area contributed by atoms with Crippen molar-refractivity contribution in [2.24, 2.45) is 0 Å². The van der Waals surface area contributed by atoms with E-state index in [1.807, 2.05) is 36.4 Å². The standard InChI is InChI=1S/C24H23NO3/c26-23-16-20-10-9-19(8-4-7-18-5-2-1-3-6-18)15-21(20)24(27)22(23)17-25-11-13-28-14-12-25/h1-3,5-6,9-10,15-16,26-27H,7,11-14,17H2. The van der Waals surface area contributed by atoms with E-state index in [1.54, 1.807) is 6.07 Å². The van der Waals surface area contributed by atoms with E-state index in [0.717, 1.165) is 24.0 Å². The molecule has 1 aliphatic heterocycles. The smallest absolute Gasteiger partial charge is 0.131 e. The van der Waals surface area contributed by atoms with Crippen LogP contribution in [0.4, 0.5) is 0 Å². The van der Waals surface area contributed by atoms with Crippen molar-refractivity contribution in [3.8, 4) is 23.3 Å². The summed E-state index contributed by atoms with van der Waals surface area (Å²) in [5, 5.41) is 22.7. The quantitative estimate of drug-likeness (QED) is 0.688. The van der Waals surface area contributed by atoms with Gasteiger partial charge in [0.15, 0.2) is 0 Å². The number of fused-ring (bicyclic) bond motifs is 1. The zero-order valence-electron chi connectivity index (χ0n) is 15.7. The predicted molar refractivity (Wildman–Crippen MR) is 110 cm³/mol. The molecule has 2 N–H and O–H groups in total. The summed E-state index contributed by atoms with van der Waals surface area (Å²) in [5.74, 6) is 6.63. The van der Waals surface area contributed by atoms with E-state index in [4.69, 9.17) is 4.74 Å². The van der Waals surface area contributed by atoms with Crippen LogP contribution in [0.2, 0.25) is 0 Å². The van der Waals surface area contributed by atoms with E-state index in [9.17, 15) is 10.2 Å². The molecular formula is C24H23NO3. The first kappa shape index (κ1) is 18.4. The van der Waals surface area contributed by atoms with Crippen LogP contribution >= 0.6 is 0 Å². The van der Waals surface area contributed by atoms with E-state index >= 15 is 0 Å². The molecule has 28 heavy (non-hydrogen) atoms. The molecule has 0 radical (unpaired) electrons. The highest BCUT2D eigenvalue weighted by atomic mass is 16.5. The van der Waals surface area contributed by atoms with Gasteiger partial charge in [-0.05, 0) is 29.1 Å². The molecule has 4 rings (SSSR count). The van der Waals surface area contributed by atoms with Gasteiger partial charge < -0.3 is 14.9 Å². The lowest BCUT2D eigenvalue weighted by Gasteiger charge is -2.27. The minimum Gasteiger partial charge on any atom is -0.507 e. The van der Waals surface area contributed by atoms with Gasteiger partial charge >= 0.3 is 0 Å². The summed E-state index contributed by atoms with van der Waals surface area (Å²) in [6.07, 6.45) is 0.683. The van der Waals surface area contributed by atoms with Crippen molar-refractivity contribution in [3.63, 3.8) is 0 Å². The molecule has 1 saturated heterocycles. The monoisotopic (exact) mass is 373 g/mol. The second kappa shape index (κ2) is 8.35. The number of phenolic OH excluding ortho intramolecular Hbond substituents is 2. The number of hydrogen-bond donors (Lipinski definition) is 2. The van der Waals surface area contributed by atoms with Crippen molar-refractivity contribution >= 4 is 10.8 Å². The van der Waals surface area contributed by atoms with Crippen LogP contribution in [0, 0.1) is 11.8 Å². The SMILES string of the molecule is Oc1cc2ccc(C#CCc3ccccc3)cc2c(O)c1CN1CCOCC1. The number of morpholine rings is 1. The molecule has 0 spiro atoms. The van der Waals surface area contributed by atoms with Gasteiger partial charge in [-0.2, -0.15) is 0 Å². The average molecular weight is 373 g/mol. The summed E-state index contributed by atoms with van der Waals surface area (Å²) in [6, 6.07) is 17.5. The fraction of sp³-hybridized carbons (Fsp3) is 0.250. The maximum atomic E-state index is 10.8. The average Bonchev–Trinajstić information content (AvgIpc) is 2.73. The van der Waals surface area contributed by atoms with E-state index in [0.29, 0.717) is 37.1 Å². The Kier molecular flexibility index (Phi) is 5.48. The predicted octanol–water partition coefficient (Wildman–Crippen LogP) is 3.68. The number of ether oxygens (including phenoxy) is 1.